The van der Waals surface area contributed by atoms with Crippen molar-refractivity contribution < 1.29 is 14.8 Å². The Kier molecular flexibility index (Phi) is 4.36. The molecule has 106 valence electrons. The lowest BCUT2D eigenvalue weighted by Crippen LogP contribution is -2.36. The van der Waals surface area contributed by atoms with E-state index in [0.29, 0.717) is 12.0 Å². The van der Waals surface area contributed by atoms with Crippen molar-refractivity contribution in [1.29, 1.82) is 0 Å². The summed E-state index contributed by atoms with van der Waals surface area (Å²) in [5.74, 6) is -0.370. The number of nitrogens with zero attached hydrogens (tertiary/aromatic N) is 1. The Balaban J connectivity index is 3.16. The predicted molar refractivity (Wildman–Crippen MR) is 72.4 cm³/mol. The Morgan fingerprint density at radius 3 is 2.47 bits per heavy atom. The van der Waals surface area contributed by atoms with Crippen LogP contribution in [-0.2, 0) is 6.42 Å². The van der Waals surface area contributed by atoms with Gasteiger partial charge in [-0.25, -0.2) is 0 Å². The van der Waals surface area contributed by atoms with Gasteiger partial charge in [0.05, 0.1) is 12.0 Å². The molecule has 0 saturated heterocycles. The number of phenols is 1. The van der Waals surface area contributed by atoms with Gasteiger partial charge in [0.15, 0.2) is 5.75 Å². The van der Waals surface area contributed by atoms with Crippen LogP contribution in [0.5, 0.6) is 11.5 Å². The quantitative estimate of drug-likeness (QED) is 0.644. The second-order valence-corrected chi connectivity index (χ2v) is 5.60. The van der Waals surface area contributed by atoms with Gasteiger partial charge in [-0.1, -0.05) is 20.8 Å². The highest BCUT2D eigenvalue weighted by Gasteiger charge is 2.24. The van der Waals surface area contributed by atoms with Gasteiger partial charge < -0.3 is 15.6 Å². The fraction of sp³-hybridized carbons (Fsp3) is 0.538. The van der Waals surface area contributed by atoms with Crippen molar-refractivity contribution >= 4 is 5.69 Å². The largest absolute Gasteiger partial charge is 0.500 e. The summed E-state index contributed by atoms with van der Waals surface area (Å²) in [5, 5.41) is 20.6. The van der Waals surface area contributed by atoms with Crippen molar-refractivity contribution in [1.82, 2.24) is 0 Å². The molecule has 6 nitrogen and oxygen atoms in total. The van der Waals surface area contributed by atoms with Crippen LogP contribution in [0.3, 0.4) is 0 Å². The first-order valence-electron chi connectivity index (χ1n) is 5.96. The molecule has 0 radical (unpaired) electrons. The van der Waals surface area contributed by atoms with Crippen molar-refractivity contribution in [3.05, 3.63) is 27.8 Å². The number of rotatable bonds is 4. The molecular formula is C13H20N2O4. The van der Waals surface area contributed by atoms with Gasteiger partial charge in [0.25, 0.3) is 0 Å². The lowest BCUT2D eigenvalue weighted by atomic mass is 9.83. The standard InChI is InChI=1S/C13H20N2O4/c1-13(2,3)11(14)7-8-5-9(15(17)18)12(16)10(6-8)19-4/h5-6,11,16H,7,14H2,1-4H3. The topological polar surface area (TPSA) is 98.6 Å². The third-order valence-corrected chi connectivity index (χ3v) is 3.10. The number of nitro benzene ring substituents is 1. The van der Waals surface area contributed by atoms with Gasteiger partial charge in [-0.2, -0.15) is 0 Å². The summed E-state index contributed by atoms with van der Waals surface area (Å²) in [5.41, 5.74) is 6.26. The SMILES string of the molecule is COc1cc(CC(N)C(C)(C)C)cc([N+](=O)[O-])c1O. The lowest BCUT2D eigenvalue weighted by Gasteiger charge is -2.27. The molecule has 0 aliphatic carbocycles. The van der Waals surface area contributed by atoms with Crippen molar-refractivity contribution in [3.8, 4) is 11.5 Å². The summed E-state index contributed by atoms with van der Waals surface area (Å²) in [7, 11) is 1.35. The number of methoxy groups -OCH3 is 1. The number of nitro groups is 1. The van der Waals surface area contributed by atoms with Gasteiger partial charge in [-0.15, -0.1) is 0 Å². The van der Waals surface area contributed by atoms with Gasteiger partial charge in [0, 0.05) is 12.1 Å². The molecule has 1 rings (SSSR count). The molecule has 0 bridgehead atoms. The van der Waals surface area contributed by atoms with Crippen LogP contribution in [0.25, 0.3) is 0 Å². The highest BCUT2D eigenvalue weighted by atomic mass is 16.6. The number of hydrogen-bond acceptors (Lipinski definition) is 5. The number of phenolic OH excluding ortho intramolecular Hbond substituents is 1. The summed E-state index contributed by atoms with van der Waals surface area (Å²) in [6.07, 6.45) is 0.473. The molecular weight excluding hydrogens is 248 g/mol. The second-order valence-electron chi connectivity index (χ2n) is 5.60. The van der Waals surface area contributed by atoms with Gasteiger partial charge >= 0.3 is 5.69 Å². The number of hydrogen-bond donors (Lipinski definition) is 2. The molecule has 0 aromatic heterocycles. The molecule has 0 saturated carbocycles. The van der Waals surface area contributed by atoms with Crippen LogP contribution < -0.4 is 10.5 Å². The number of aromatic hydroxyl groups is 1. The van der Waals surface area contributed by atoms with Gasteiger partial charge in [0.1, 0.15) is 0 Å². The third kappa shape index (κ3) is 3.57. The van der Waals surface area contributed by atoms with Crippen molar-refractivity contribution in [3.63, 3.8) is 0 Å². The van der Waals surface area contributed by atoms with E-state index in [2.05, 4.69) is 0 Å². The highest BCUT2D eigenvalue weighted by molar-refractivity contribution is 5.57. The smallest absolute Gasteiger partial charge is 0.314 e. The van der Waals surface area contributed by atoms with Crippen molar-refractivity contribution in [2.45, 2.75) is 33.2 Å². The molecule has 1 aromatic carbocycles. The summed E-state index contributed by atoms with van der Waals surface area (Å²) < 4.78 is 4.95. The van der Waals surface area contributed by atoms with E-state index in [-0.39, 0.29) is 22.9 Å². The summed E-state index contributed by atoms with van der Waals surface area (Å²) in [6.45, 7) is 6.01. The Morgan fingerprint density at radius 2 is 2.05 bits per heavy atom. The number of benzene rings is 1. The minimum atomic E-state index is -0.635. The summed E-state index contributed by atoms with van der Waals surface area (Å²) in [6, 6.07) is 2.76. The summed E-state index contributed by atoms with van der Waals surface area (Å²) in [4.78, 5) is 10.2. The average molecular weight is 268 g/mol. The minimum absolute atomic E-state index is 0.0882. The van der Waals surface area contributed by atoms with E-state index in [4.69, 9.17) is 10.5 Å². The van der Waals surface area contributed by atoms with Crippen LogP contribution in [-0.4, -0.2) is 23.2 Å². The van der Waals surface area contributed by atoms with Crippen LogP contribution in [0.15, 0.2) is 12.1 Å². The highest BCUT2D eigenvalue weighted by Crippen LogP contribution is 2.37. The molecule has 0 heterocycles. The molecule has 0 spiro atoms. The molecule has 0 amide bonds. The van der Waals surface area contributed by atoms with Gasteiger partial charge in [0.2, 0.25) is 5.75 Å². The van der Waals surface area contributed by atoms with E-state index < -0.39 is 10.7 Å². The Hall–Kier alpha value is -1.82. The minimum Gasteiger partial charge on any atom is -0.500 e. The van der Waals surface area contributed by atoms with Crippen LogP contribution in [0.4, 0.5) is 5.69 Å². The van der Waals surface area contributed by atoms with Gasteiger partial charge in [-0.05, 0) is 23.5 Å². The Labute approximate surface area is 112 Å². The maximum absolute atomic E-state index is 10.9. The zero-order valence-electron chi connectivity index (χ0n) is 11.6. The van der Waals surface area contributed by atoms with Crippen molar-refractivity contribution in [2.75, 3.05) is 7.11 Å². The first-order chi connectivity index (χ1) is 8.66. The van der Waals surface area contributed by atoms with Crippen LogP contribution in [0.2, 0.25) is 0 Å². The molecule has 0 aliphatic rings. The maximum atomic E-state index is 10.9. The van der Waals surface area contributed by atoms with E-state index >= 15 is 0 Å². The molecule has 6 heteroatoms. The van der Waals surface area contributed by atoms with E-state index in [1.165, 1.54) is 13.2 Å². The average Bonchev–Trinajstić information content (AvgIpc) is 2.29. The number of nitrogens with two attached hydrogens (primary N) is 1. The van der Waals surface area contributed by atoms with E-state index in [1.54, 1.807) is 6.07 Å². The molecule has 1 unspecified atom stereocenters. The maximum Gasteiger partial charge on any atom is 0.314 e. The molecule has 19 heavy (non-hydrogen) atoms. The number of ether oxygens (including phenoxy) is 1. The van der Waals surface area contributed by atoms with Gasteiger partial charge in [-0.3, -0.25) is 10.1 Å². The fourth-order valence-corrected chi connectivity index (χ4v) is 1.62. The predicted octanol–water partition coefficient (Wildman–Crippen LogP) is 2.22. The summed E-state index contributed by atoms with van der Waals surface area (Å²) >= 11 is 0. The molecule has 3 N–H and O–H groups in total. The fourth-order valence-electron chi connectivity index (χ4n) is 1.62. The van der Waals surface area contributed by atoms with Crippen LogP contribution in [0, 0.1) is 15.5 Å². The second kappa shape index (κ2) is 5.44. The monoisotopic (exact) mass is 268 g/mol. The van der Waals surface area contributed by atoms with Crippen LogP contribution in [0.1, 0.15) is 26.3 Å². The third-order valence-electron chi connectivity index (χ3n) is 3.10. The normalized spacial score (nSPS) is 13.1. The molecule has 1 atom stereocenters. The Bertz CT molecular complexity index is 480. The first-order valence-corrected chi connectivity index (χ1v) is 5.96. The molecule has 0 fully saturated rings. The molecule has 0 aliphatic heterocycles. The van der Waals surface area contributed by atoms with E-state index in [0.717, 1.165) is 0 Å². The Morgan fingerprint density at radius 1 is 1.47 bits per heavy atom. The molecule has 1 aromatic rings. The first kappa shape index (κ1) is 15.2. The van der Waals surface area contributed by atoms with E-state index in [1.807, 2.05) is 20.8 Å². The zero-order chi connectivity index (χ0) is 14.8. The zero-order valence-corrected chi connectivity index (χ0v) is 11.6. The van der Waals surface area contributed by atoms with Crippen LogP contribution >= 0.6 is 0 Å². The van der Waals surface area contributed by atoms with Crippen molar-refractivity contribution in [2.24, 2.45) is 11.1 Å². The lowest BCUT2D eigenvalue weighted by molar-refractivity contribution is -0.386. The van der Waals surface area contributed by atoms with E-state index in [9.17, 15) is 15.2 Å².